The van der Waals surface area contributed by atoms with Gasteiger partial charge in [-0.2, -0.15) is 0 Å². The van der Waals surface area contributed by atoms with E-state index in [9.17, 15) is 4.79 Å². The predicted molar refractivity (Wildman–Crippen MR) is 69.3 cm³/mol. The minimum absolute atomic E-state index is 0.0386. The molecule has 0 aliphatic heterocycles. The van der Waals surface area contributed by atoms with Gasteiger partial charge in [-0.15, -0.1) is 10.2 Å². The van der Waals surface area contributed by atoms with Gasteiger partial charge in [-0.1, -0.05) is 11.6 Å². The molecule has 2 aromatic heterocycles. The van der Waals surface area contributed by atoms with Gasteiger partial charge in [0.25, 0.3) is 0 Å². The summed E-state index contributed by atoms with van der Waals surface area (Å²) in [5.74, 6) is -0.606. The van der Waals surface area contributed by atoms with Gasteiger partial charge < -0.3 is 15.0 Å². The molecule has 1 atom stereocenters. The normalized spacial score (nSPS) is 12.1. The molecule has 7 nitrogen and oxygen atoms in total. The fourth-order valence-corrected chi connectivity index (χ4v) is 1.79. The molecule has 0 bridgehead atoms. The Bertz CT molecular complexity index is 572. The highest BCUT2D eigenvalue weighted by atomic mass is 35.5. The summed E-state index contributed by atoms with van der Waals surface area (Å²) in [4.78, 5) is 14.8. The fourth-order valence-electron chi connectivity index (χ4n) is 1.57. The van der Waals surface area contributed by atoms with E-state index >= 15 is 0 Å². The molecule has 0 aliphatic rings. The van der Waals surface area contributed by atoms with Gasteiger partial charge in [-0.3, -0.25) is 0 Å². The predicted octanol–water partition coefficient (Wildman–Crippen LogP) is 1.53. The van der Waals surface area contributed by atoms with E-state index < -0.39 is 5.97 Å². The first-order valence-corrected chi connectivity index (χ1v) is 5.92. The van der Waals surface area contributed by atoms with E-state index in [2.05, 4.69) is 20.5 Å². The molecule has 2 heterocycles. The van der Waals surface area contributed by atoms with E-state index in [1.54, 1.807) is 12.7 Å². The number of rotatable bonds is 5. The molecule has 19 heavy (non-hydrogen) atoms. The Morgan fingerprint density at radius 3 is 2.79 bits per heavy atom. The number of halogens is 1. The number of hydrogen-bond donors (Lipinski definition) is 2. The fraction of sp³-hybridized carbons (Fsp3) is 0.273. The van der Waals surface area contributed by atoms with E-state index in [4.69, 9.17) is 16.7 Å². The maximum Gasteiger partial charge on any atom is 0.337 e. The van der Waals surface area contributed by atoms with Gasteiger partial charge in [-0.05, 0) is 13.0 Å². The molecule has 100 valence electrons. The average Bonchev–Trinajstić information content (AvgIpc) is 2.84. The van der Waals surface area contributed by atoms with Gasteiger partial charge in [0, 0.05) is 18.8 Å². The molecular weight excluding hydrogens is 270 g/mol. The van der Waals surface area contributed by atoms with Crippen molar-refractivity contribution in [3.05, 3.63) is 35.5 Å². The molecule has 0 saturated carbocycles. The van der Waals surface area contributed by atoms with Crippen molar-refractivity contribution in [1.29, 1.82) is 0 Å². The van der Waals surface area contributed by atoms with Crippen molar-refractivity contribution in [2.75, 3.05) is 5.32 Å². The minimum atomic E-state index is -1.06. The van der Waals surface area contributed by atoms with Crippen molar-refractivity contribution in [3.8, 4) is 0 Å². The second kappa shape index (κ2) is 5.66. The highest BCUT2D eigenvalue weighted by Gasteiger charge is 2.11. The zero-order valence-electron chi connectivity index (χ0n) is 10.1. The van der Waals surface area contributed by atoms with E-state index in [1.807, 2.05) is 11.5 Å². The standard InChI is InChI=1S/C11H12ClN5O2/c1-7(4-17-5-14-15-6-17)16-10-9(12)2-8(3-13-10)11(18)19/h2-3,5-7H,4H2,1H3,(H,13,16)(H,18,19). The van der Waals surface area contributed by atoms with E-state index in [0.29, 0.717) is 12.4 Å². The minimum Gasteiger partial charge on any atom is -0.478 e. The van der Waals surface area contributed by atoms with Crippen LogP contribution in [-0.4, -0.2) is 36.9 Å². The Hall–Kier alpha value is -2.15. The van der Waals surface area contributed by atoms with Crippen LogP contribution in [0.3, 0.4) is 0 Å². The van der Waals surface area contributed by atoms with Crippen molar-refractivity contribution in [1.82, 2.24) is 19.7 Å². The molecule has 0 amide bonds. The van der Waals surface area contributed by atoms with E-state index in [0.717, 1.165) is 0 Å². The first-order valence-electron chi connectivity index (χ1n) is 5.54. The number of carboxylic acids is 1. The van der Waals surface area contributed by atoms with Crippen molar-refractivity contribution in [3.63, 3.8) is 0 Å². The Labute approximate surface area is 114 Å². The van der Waals surface area contributed by atoms with Crippen LogP contribution in [0.25, 0.3) is 0 Å². The third-order valence-corrected chi connectivity index (χ3v) is 2.71. The van der Waals surface area contributed by atoms with Crippen LogP contribution in [0, 0.1) is 0 Å². The lowest BCUT2D eigenvalue weighted by Gasteiger charge is -2.15. The van der Waals surface area contributed by atoms with Crippen molar-refractivity contribution in [2.45, 2.75) is 19.5 Å². The highest BCUT2D eigenvalue weighted by molar-refractivity contribution is 6.33. The summed E-state index contributed by atoms with van der Waals surface area (Å²) in [6.07, 6.45) is 4.49. The number of anilines is 1. The number of nitrogens with zero attached hydrogens (tertiary/aromatic N) is 4. The molecule has 0 saturated heterocycles. The van der Waals surface area contributed by atoms with Crippen molar-refractivity contribution < 1.29 is 9.90 Å². The van der Waals surface area contributed by atoms with Gasteiger partial charge in [0.05, 0.1) is 10.6 Å². The smallest absolute Gasteiger partial charge is 0.337 e. The Balaban J connectivity index is 2.04. The van der Waals surface area contributed by atoms with Crippen LogP contribution in [0.5, 0.6) is 0 Å². The van der Waals surface area contributed by atoms with Gasteiger partial charge in [0.15, 0.2) is 0 Å². The van der Waals surface area contributed by atoms with Gasteiger partial charge in [0.2, 0.25) is 0 Å². The third kappa shape index (κ3) is 3.41. The Morgan fingerprint density at radius 1 is 1.53 bits per heavy atom. The van der Waals surface area contributed by atoms with Crippen LogP contribution < -0.4 is 5.32 Å². The number of hydrogen-bond acceptors (Lipinski definition) is 5. The first-order chi connectivity index (χ1) is 9.06. The topological polar surface area (TPSA) is 92.9 Å². The highest BCUT2D eigenvalue weighted by Crippen LogP contribution is 2.21. The maximum absolute atomic E-state index is 10.8. The lowest BCUT2D eigenvalue weighted by atomic mass is 10.2. The van der Waals surface area contributed by atoms with Crippen molar-refractivity contribution >= 4 is 23.4 Å². The summed E-state index contributed by atoms with van der Waals surface area (Å²) in [6.45, 7) is 2.59. The number of aromatic carboxylic acids is 1. The molecule has 2 aromatic rings. The van der Waals surface area contributed by atoms with Crippen LogP contribution in [0.2, 0.25) is 5.02 Å². The van der Waals surface area contributed by atoms with Crippen LogP contribution in [0.1, 0.15) is 17.3 Å². The largest absolute Gasteiger partial charge is 0.478 e. The second-order valence-corrected chi connectivity index (χ2v) is 4.47. The summed E-state index contributed by atoms with van der Waals surface area (Å²) in [5.41, 5.74) is 0.0574. The monoisotopic (exact) mass is 281 g/mol. The molecule has 8 heteroatoms. The first kappa shape index (κ1) is 13.3. The van der Waals surface area contributed by atoms with Gasteiger partial charge >= 0.3 is 5.97 Å². The lowest BCUT2D eigenvalue weighted by molar-refractivity contribution is 0.0696. The van der Waals surface area contributed by atoms with Crippen LogP contribution >= 0.6 is 11.6 Å². The number of carbonyl (C=O) groups is 1. The zero-order valence-corrected chi connectivity index (χ0v) is 10.9. The van der Waals surface area contributed by atoms with E-state index in [-0.39, 0.29) is 16.6 Å². The van der Waals surface area contributed by atoms with E-state index in [1.165, 1.54) is 12.3 Å². The van der Waals surface area contributed by atoms with Gasteiger partial charge in [0.1, 0.15) is 18.5 Å². The number of aromatic nitrogens is 4. The SMILES string of the molecule is CC(Cn1cnnc1)Nc1ncc(C(=O)O)cc1Cl. The Morgan fingerprint density at radius 2 is 2.21 bits per heavy atom. The number of pyridine rings is 1. The molecular formula is C11H12ClN5O2. The molecule has 0 fully saturated rings. The molecule has 1 unspecified atom stereocenters. The number of carboxylic acid groups (broad SMARTS) is 1. The molecule has 2 N–H and O–H groups in total. The van der Waals surface area contributed by atoms with Crippen LogP contribution in [0.4, 0.5) is 5.82 Å². The molecule has 0 spiro atoms. The lowest BCUT2D eigenvalue weighted by Crippen LogP contribution is -2.22. The summed E-state index contributed by atoms with van der Waals surface area (Å²) < 4.78 is 1.82. The summed E-state index contributed by atoms with van der Waals surface area (Å²) >= 11 is 5.98. The van der Waals surface area contributed by atoms with Crippen molar-refractivity contribution in [2.24, 2.45) is 0 Å². The Kier molecular flexibility index (Phi) is 3.96. The second-order valence-electron chi connectivity index (χ2n) is 4.06. The third-order valence-electron chi connectivity index (χ3n) is 2.42. The zero-order chi connectivity index (χ0) is 13.8. The van der Waals surface area contributed by atoms with Gasteiger partial charge in [-0.25, -0.2) is 9.78 Å². The maximum atomic E-state index is 10.8. The average molecular weight is 282 g/mol. The van der Waals surface area contributed by atoms with Crippen LogP contribution in [0.15, 0.2) is 24.9 Å². The molecule has 0 aliphatic carbocycles. The number of nitrogens with one attached hydrogen (secondary N) is 1. The molecule has 2 rings (SSSR count). The quantitative estimate of drug-likeness (QED) is 0.863. The summed E-state index contributed by atoms with van der Waals surface area (Å²) in [6, 6.07) is 1.40. The van der Waals surface area contributed by atoms with Crippen LogP contribution in [-0.2, 0) is 6.54 Å². The summed E-state index contributed by atoms with van der Waals surface area (Å²) in [7, 11) is 0. The summed E-state index contributed by atoms with van der Waals surface area (Å²) in [5, 5.41) is 19.6. The molecule has 0 radical (unpaired) electrons. The molecule has 0 aromatic carbocycles.